The van der Waals surface area contributed by atoms with Crippen molar-refractivity contribution in [3.63, 3.8) is 0 Å². The summed E-state index contributed by atoms with van der Waals surface area (Å²) < 4.78 is 64.5. The third kappa shape index (κ3) is 12.9. The second-order valence-electron chi connectivity index (χ2n) is 8.33. The molecule has 0 saturated heterocycles. The van der Waals surface area contributed by atoms with Crippen molar-refractivity contribution in [2.45, 2.75) is 42.1 Å². The van der Waals surface area contributed by atoms with E-state index in [4.69, 9.17) is 0 Å². The maximum Gasteiger partial charge on any atom is 0.237 e. The highest BCUT2D eigenvalue weighted by Crippen LogP contribution is 2.60. The molecule has 0 aliphatic heterocycles. The third-order valence-corrected chi connectivity index (χ3v) is 7.21. The van der Waals surface area contributed by atoms with Gasteiger partial charge >= 0.3 is 0 Å². The minimum absolute atomic E-state index is 0.119. The van der Waals surface area contributed by atoms with Gasteiger partial charge in [-0.25, -0.2) is 0 Å². The van der Waals surface area contributed by atoms with Crippen LogP contribution in [0.4, 0.5) is 19.4 Å². The average Bonchev–Trinajstić information content (AvgIpc) is 2.81. The van der Waals surface area contributed by atoms with Gasteiger partial charge < -0.3 is 21.3 Å². The first kappa shape index (κ1) is 29.9. The van der Waals surface area contributed by atoms with E-state index in [0.29, 0.717) is 13.1 Å². The predicted molar refractivity (Wildman–Crippen MR) is 139 cm³/mol. The van der Waals surface area contributed by atoms with Crippen LogP contribution in [-0.2, 0) is 13.1 Å². The first-order valence-electron chi connectivity index (χ1n) is 11.8. The molecule has 2 rings (SSSR count). The zero-order chi connectivity index (χ0) is 25.6. The van der Waals surface area contributed by atoms with E-state index in [2.05, 4.69) is 21.3 Å². The summed E-state index contributed by atoms with van der Waals surface area (Å²) in [5.41, 5.74) is 1.86. The lowest BCUT2D eigenvalue weighted by Gasteiger charge is -2.15. The van der Waals surface area contributed by atoms with E-state index < -0.39 is 26.9 Å². The van der Waals surface area contributed by atoms with Gasteiger partial charge in [0.25, 0.3) is 0 Å². The van der Waals surface area contributed by atoms with Crippen LogP contribution >= 0.6 is 22.0 Å². The Morgan fingerprint density at radius 2 is 0.857 bits per heavy atom. The van der Waals surface area contributed by atoms with Crippen molar-refractivity contribution in [1.82, 2.24) is 21.3 Å². The number of halogens is 5. The molecular weight excluding hydrogens is 503 g/mol. The first-order chi connectivity index (χ1) is 16.7. The van der Waals surface area contributed by atoms with Crippen molar-refractivity contribution < 1.29 is 19.4 Å². The van der Waals surface area contributed by atoms with Gasteiger partial charge in [-0.15, -0.1) is 11.7 Å². The summed E-state index contributed by atoms with van der Waals surface area (Å²) in [6, 6.07) is 11.9. The van der Waals surface area contributed by atoms with Crippen LogP contribution in [-0.4, -0.2) is 45.5 Å². The highest BCUT2D eigenvalue weighted by atomic mass is 32.3. The Morgan fingerprint density at radius 3 is 1.20 bits per heavy atom. The average molecular weight is 541 g/mol. The lowest BCUT2D eigenvalue weighted by molar-refractivity contribution is 0.551. The molecule has 0 radical (unpaired) electrons. The minimum atomic E-state index is -5.14. The van der Waals surface area contributed by atoms with E-state index in [1.54, 1.807) is 12.1 Å². The van der Waals surface area contributed by atoms with Gasteiger partial charge in [-0.3, -0.25) is 0 Å². The van der Waals surface area contributed by atoms with Crippen molar-refractivity contribution in [2.24, 2.45) is 0 Å². The molecule has 0 unspecified atom stereocenters. The molecule has 0 aliphatic rings. The van der Waals surface area contributed by atoms with Crippen LogP contribution in [0.3, 0.4) is 0 Å². The van der Waals surface area contributed by atoms with E-state index >= 15 is 0 Å². The van der Waals surface area contributed by atoms with Crippen LogP contribution in [0.1, 0.15) is 30.4 Å². The van der Waals surface area contributed by atoms with Gasteiger partial charge in [0, 0.05) is 24.2 Å². The first-order valence-corrected chi connectivity index (χ1v) is 14.9. The molecule has 0 atom stereocenters. The van der Waals surface area contributed by atoms with Crippen LogP contribution in [0, 0.1) is 0 Å². The van der Waals surface area contributed by atoms with E-state index in [0.717, 1.165) is 88.0 Å². The minimum Gasteiger partial charge on any atom is -0.317 e. The van der Waals surface area contributed by atoms with Gasteiger partial charge in [0.15, 0.2) is 0 Å². The molecular formula is C24H37F5N4S2. The molecule has 4 nitrogen and oxygen atoms in total. The summed E-state index contributed by atoms with van der Waals surface area (Å²) in [5.74, 6) is 0. The summed E-state index contributed by atoms with van der Waals surface area (Å²) in [5, 5.41) is 13.4. The molecule has 0 aliphatic carbocycles. The Balaban J connectivity index is 1.35. The number of benzene rings is 2. The van der Waals surface area contributed by atoms with Crippen LogP contribution < -0.4 is 21.3 Å². The lowest BCUT2D eigenvalue weighted by atomic mass is 10.2. The molecule has 2 aromatic carbocycles. The molecule has 0 bridgehead atoms. The quantitative estimate of drug-likeness (QED) is 0.133. The zero-order valence-electron chi connectivity index (χ0n) is 20.1. The number of nitrogens with one attached hydrogen (secondary N) is 4. The fourth-order valence-electron chi connectivity index (χ4n) is 3.34. The summed E-state index contributed by atoms with van der Waals surface area (Å²) in [6.45, 7) is 6.60. The second-order valence-corrected chi connectivity index (χ2v) is 11.5. The molecule has 11 heteroatoms. The summed E-state index contributed by atoms with van der Waals surface area (Å²) in [7, 11) is -3.65. The largest absolute Gasteiger partial charge is 0.317 e. The van der Waals surface area contributed by atoms with Crippen molar-refractivity contribution >= 4 is 22.0 Å². The monoisotopic (exact) mass is 540 g/mol. The normalized spacial score (nSPS) is 13.2. The Morgan fingerprint density at radius 1 is 0.514 bits per heavy atom. The van der Waals surface area contributed by atoms with Crippen LogP contribution in [0.15, 0.2) is 58.3 Å². The fraction of sp³-hybridized carbons (Fsp3) is 0.500. The van der Waals surface area contributed by atoms with Crippen molar-refractivity contribution in [3.05, 3.63) is 59.7 Å². The molecule has 200 valence electrons. The summed E-state index contributed by atoms with van der Waals surface area (Å²) >= 11 is -5.14. The van der Waals surface area contributed by atoms with Crippen molar-refractivity contribution in [3.8, 4) is 0 Å². The number of hydrogen-bond acceptors (Lipinski definition) is 4. The zero-order valence-corrected chi connectivity index (χ0v) is 21.7. The topological polar surface area (TPSA) is 48.1 Å². The van der Waals surface area contributed by atoms with Crippen LogP contribution in [0.2, 0.25) is 0 Å². The molecule has 0 heterocycles. The highest BCUT2D eigenvalue weighted by molar-refractivity contribution is 8.24. The van der Waals surface area contributed by atoms with Gasteiger partial charge in [0.05, 0.1) is 15.7 Å². The second kappa shape index (κ2) is 15.7. The smallest absolute Gasteiger partial charge is 0.237 e. The van der Waals surface area contributed by atoms with Crippen molar-refractivity contribution in [2.75, 3.05) is 45.5 Å². The van der Waals surface area contributed by atoms with E-state index in [1.807, 2.05) is 0 Å². The van der Waals surface area contributed by atoms with Gasteiger partial charge in [-0.05, 0) is 93.9 Å². The van der Waals surface area contributed by atoms with Gasteiger partial charge in [-0.1, -0.05) is 24.3 Å². The summed E-state index contributed by atoms with van der Waals surface area (Å²) in [4.78, 5) is -0.418. The molecule has 0 saturated carbocycles. The Hall–Kier alpha value is -1.37. The lowest BCUT2D eigenvalue weighted by Crippen LogP contribution is -2.26. The molecule has 4 N–H and O–H groups in total. The van der Waals surface area contributed by atoms with Gasteiger partial charge in [-0.2, -0.15) is 7.77 Å². The number of rotatable bonds is 18. The third-order valence-electron chi connectivity index (χ3n) is 5.31. The molecule has 0 spiro atoms. The molecule has 35 heavy (non-hydrogen) atoms. The van der Waals surface area contributed by atoms with Gasteiger partial charge in [0.2, 0.25) is 11.2 Å². The standard InChI is InChI=1S/C24H37F5N4S2/c1-34(25,26)23-9-5-21(6-10-23)19-32-17-3-15-30-13-2-14-31-16-4-18-33-20-22-7-11-24(12-8-22)35(27,28)29/h5-12,30-33H,2-4,13-20H2,1H3. The van der Waals surface area contributed by atoms with E-state index in [9.17, 15) is 19.4 Å². The Kier molecular flexibility index (Phi) is 13.4. The number of hydrogen-bond donors (Lipinski definition) is 4. The molecule has 0 amide bonds. The Bertz CT molecular complexity index is 758. The molecule has 2 aromatic rings. The van der Waals surface area contributed by atoms with Crippen LogP contribution in [0.25, 0.3) is 0 Å². The fourth-order valence-corrected chi connectivity index (χ4v) is 4.40. The van der Waals surface area contributed by atoms with Crippen molar-refractivity contribution in [1.29, 1.82) is 0 Å². The Labute approximate surface area is 209 Å². The predicted octanol–water partition coefficient (Wildman–Crippen LogP) is 6.29. The van der Waals surface area contributed by atoms with E-state index in [-0.39, 0.29) is 4.90 Å². The van der Waals surface area contributed by atoms with Crippen LogP contribution in [0.5, 0.6) is 0 Å². The maximum atomic E-state index is 13.3. The maximum absolute atomic E-state index is 13.3. The van der Waals surface area contributed by atoms with E-state index in [1.165, 1.54) is 24.3 Å². The SMILES string of the molecule is CS(F)(F)c1ccc(CNCCCNCCCNCCCNCc2ccc(S(F)(F)F)cc2)cc1. The molecule has 0 fully saturated rings. The highest BCUT2D eigenvalue weighted by Gasteiger charge is 2.23. The summed E-state index contributed by atoms with van der Waals surface area (Å²) in [6.07, 6.45) is 3.97. The van der Waals surface area contributed by atoms with Gasteiger partial charge in [0.1, 0.15) is 0 Å². The molecule has 0 aromatic heterocycles.